The van der Waals surface area contributed by atoms with Crippen LogP contribution in [0.1, 0.15) is 56.0 Å². The van der Waals surface area contributed by atoms with E-state index in [-0.39, 0.29) is 12.5 Å². The van der Waals surface area contributed by atoms with Gasteiger partial charge in [0.15, 0.2) is 0 Å². The van der Waals surface area contributed by atoms with Crippen LogP contribution >= 0.6 is 11.6 Å². The summed E-state index contributed by atoms with van der Waals surface area (Å²) in [5, 5.41) is 1.49. The summed E-state index contributed by atoms with van der Waals surface area (Å²) in [4.78, 5) is 26.1. The van der Waals surface area contributed by atoms with Gasteiger partial charge in [-0.1, -0.05) is 57.2 Å². The molecule has 7 heteroatoms. The van der Waals surface area contributed by atoms with Crippen LogP contribution in [0.4, 0.5) is 0 Å². The number of rotatable bonds is 11. The molecule has 3 rings (SSSR count). The average Bonchev–Trinajstić information content (AvgIpc) is 2.90. The Balaban J connectivity index is 1.96. The minimum absolute atomic E-state index is 0.111. The van der Waals surface area contributed by atoms with Crippen LogP contribution in [-0.4, -0.2) is 46.8 Å². The van der Waals surface area contributed by atoms with Gasteiger partial charge in [-0.05, 0) is 43.5 Å². The highest BCUT2D eigenvalue weighted by Crippen LogP contribution is 2.33. The van der Waals surface area contributed by atoms with Crippen molar-refractivity contribution in [1.82, 2.24) is 19.8 Å². The predicted octanol–water partition coefficient (Wildman–Crippen LogP) is 7.04. The molecule has 0 aliphatic carbocycles. The number of para-hydroxylation sites is 1. The van der Waals surface area contributed by atoms with Crippen LogP contribution in [0.5, 0.6) is 5.75 Å². The Kier molecular flexibility index (Phi) is 9.55. The van der Waals surface area contributed by atoms with Crippen LogP contribution in [0.25, 0.3) is 16.6 Å². The number of benzene rings is 1. The Labute approximate surface area is 232 Å². The van der Waals surface area contributed by atoms with Gasteiger partial charge in [-0.25, -0.2) is 4.98 Å². The Bertz CT molecular complexity index is 1350. The first-order valence-corrected chi connectivity index (χ1v) is 13.3. The minimum Gasteiger partial charge on any atom is -0.487 e. The largest absolute Gasteiger partial charge is 0.487 e. The predicted molar refractivity (Wildman–Crippen MR) is 157 cm³/mol. The highest BCUT2D eigenvalue weighted by molar-refractivity contribution is 6.31. The second-order valence-corrected chi connectivity index (χ2v) is 10.5. The van der Waals surface area contributed by atoms with Crippen LogP contribution in [0.2, 0.25) is 5.02 Å². The number of allylic oxidation sites excluding steroid dienone is 2. The van der Waals surface area contributed by atoms with E-state index in [1.165, 1.54) is 0 Å². The second kappa shape index (κ2) is 12.4. The van der Waals surface area contributed by atoms with Crippen molar-refractivity contribution in [3.8, 4) is 5.75 Å². The van der Waals surface area contributed by atoms with Gasteiger partial charge in [-0.2, -0.15) is 0 Å². The molecule has 0 saturated carbocycles. The minimum atomic E-state index is -0.396. The Morgan fingerprint density at radius 3 is 2.53 bits per heavy atom. The third-order valence-corrected chi connectivity index (χ3v) is 7.59. The molecule has 2 heterocycles. The topological polar surface area (TPSA) is 58.6 Å². The molecule has 38 heavy (non-hydrogen) atoms. The molecule has 0 bridgehead atoms. The third-order valence-electron chi connectivity index (χ3n) is 7.26. The maximum atomic E-state index is 13.2. The highest BCUT2D eigenvalue weighted by Gasteiger charge is 2.32. The van der Waals surface area contributed by atoms with E-state index in [9.17, 15) is 4.79 Å². The van der Waals surface area contributed by atoms with Crippen molar-refractivity contribution in [2.45, 2.75) is 53.7 Å². The molecule has 6 nitrogen and oxygen atoms in total. The quantitative estimate of drug-likeness (QED) is 0.247. The van der Waals surface area contributed by atoms with Gasteiger partial charge in [-0.15, -0.1) is 0 Å². The fourth-order valence-corrected chi connectivity index (χ4v) is 4.79. The lowest BCUT2D eigenvalue weighted by molar-refractivity contribution is -0.140. The highest BCUT2D eigenvalue weighted by atomic mass is 35.5. The summed E-state index contributed by atoms with van der Waals surface area (Å²) in [6, 6.07) is 8.02. The number of aryl methyl sites for hydroxylation is 1. The summed E-state index contributed by atoms with van der Waals surface area (Å²) >= 11 is 6.60. The van der Waals surface area contributed by atoms with Crippen molar-refractivity contribution in [2.75, 3.05) is 21.1 Å². The Morgan fingerprint density at radius 1 is 1.18 bits per heavy atom. The average molecular weight is 535 g/mol. The third kappa shape index (κ3) is 6.18. The van der Waals surface area contributed by atoms with Crippen LogP contribution in [0, 0.1) is 12.3 Å². The Morgan fingerprint density at radius 2 is 1.89 bits per heavy atom. The van der Waals surface area contributed by atoms with E-state index >= 15 is 0 Å². The van der Waals surface area contributed by atoms with E-state index in [1.807, 2.05) is 59.3 Å². The number of hydrogen-bond acceptors (Lipinski definition) is 5. The van der Waals surface area contributed by atoms with E-state index in [2.05, 4.69) is 36.4 Å². The molecule has 2 aromatic heterocycles. The number of aromatic nitrogens is 2. The smallest absolute Gasteiger partial charge is 0.228 e. The summed E-state index contributed by atoms with van der Waals surface area (Å²) in [7, 11) is 5.85. The molecule has 0 unspecified atom stereocenters. The number of pyridine rings is 2. The fraction of sp³-hybridized carbons (Fsp3) is 0.387. The molecule has 0 aliphatic heterocycles. The number of hydrogen-bond donors (Lipinski definition) is 0. The maximum Gasteiger partial charge on any atom is 0.228 e. The standard InChI is InChI=1S/C31H39ClN4O2/c1-9-13-27(35(6)7)24-16-21(4)34-29-23(24)14-12-15-28(29)38-20-25-22(17-33-18-26(25)32)19-36(8)30(37)31(5,10-2)11-3/h9,12-18H,1,10-11,19-20H2,2-8H3/b27-13-. The number of carbonyl (C=O) groups is 1. The van der Waals surface area contributed by atoms with Crippen LogP contribution in [0.15, 0.2) is 55.4 Å². The second-order valence-electron chi connectivity index (χ2n) is 10.1. The summed E-state index contributed by atoms with van der Waals surface area (Å²) in [6.07, 6.45) is 8.71. The zero-order valence-electron chi connectivity index (χ0n) is 23.6. The lowest BCUT2D eigenvalue weighted by atomic mass is 9.83. The molecule has 1 aromatic carbocycles. The monoisotopic (exact) mass is 534 g/mol. The van der Waals surface area contributed by atoms with Crippen molar-refractivity contribution in [3.63, 3.8) is 0 Å². The normalized spacial score (nSPS) is 11.9. The number of fused-ring (bicyclic) bond motifs is 1. The van der Waals surface area contributed by atoms with Crippen molar-refractivity contribution < 1.29 is 9.53 Å². The molecule has 0 radical (unpaired) electrons. The number of halogens is 1. The molecule has 202 valence electrons. The number of amides is 1. The maximum absolute atomic E-state index is 13.2. The molecule has 0 saturated heterocycles. The summed E-state index contributed by atoms with van der Waals surface area (Å²) in [5.74, 6) is 0.775. The van der Waals surface area contributed by atoms with Gasteiger partial charge in [0.2, 0.25) is 5.91 Å². The van der Waals surface area contributed by atoms with Crippen LogP contribution in [0.3, 0.4) is 0 Å². The molecular formula is C31H39ClN4O2. The number of ether oxygens (including phenoxy) is 1. The van der Waals surface area contributed by atoms with Gasteiger partial charge >= 0.3 is 0 Å². The SMILES string of the molecule is C=C/C=C(/c1cc(C)nc2c(OCc3c(Cl)cncc3CN(C)C(=O)C(C)(CC)CC)cccc12)N(C)C. The number of nitrogens with zero attached hydrogens (tertiary/aromatic N) is 4. The van der Waals surface area contributed by atoms with Crippen molar-refractivity contribution >= 4 is 34.1 Å². The molecule has 0 aliphatic rings. The van der Waals surface area contributed by atoms with Gasteiger partial charge < -0.3 is 14.5 Å². The zero-order valence-corrected chi connectivity index (χ0v) is 24.4. The van der Waals surface area contributed by atoms with Crippen molar-refractivity contribution in [2.24, 2.45) is 5.41 Å². The lowest BCUT2D eigenvalue weighted by Crippen LogP contribution is -2.39. The van der Waals surface area contributed by atoms with Crippen LogP contribution < -0.4 is 4.74 Å². The van der Waals surface area contributed by atoms with Crippen molar-refractivity contribution in [1.29, 1.82) is 0 Å². The first-order chi connectivity index (χ1) is 18.1. The molecule has 0 spiro atoms. The van der Waals surface area contributed by atoms with Crippen molar-refractivity contribution in [3.05, 3.63) is 82.8 Å². The summed E-state index contributed by atoms with van der Waals surface area (Å²) in [5.41, 5.74) is 5.02. The molecular weight excluding hydrogens is 496 g/mol. The first-order valence-electron chi connectivity index (χ1n) is 13.0. The van der Waals surface area contributed by atoms with Gasteiger partial charge in [-0.3, -0.25) is 9.78 Å². The lowest BCUT2D eigenvalue weighted by Gasteiger charge is -2.31. The molecule has 0 fully saturated rings. The van der Waals surface area contributed by atoms with Crippen LogP contribution in [-0.2, 0) is 17.9 Å². The van der Waals surface area contributed by atoms with E-state index in [4.69, 9.17) is 21.3 Å². The summed E-state index contributed by atoms with van der Waals surface area (Å²) < 4.78 is 6.36. The van der Waals surface area contributed by atoms with Gasteiger partial charge in [0, 0.05) is 73.4 Å². The molecule has 3 aromatic rings. The van der Waals surface area contributed by atoms with E-state index in [0.29, 0.717) is 17.3 Å². The van der Waals surface area contributed by atoms with E-state index < -0.39 is 5.41 Å². The van der Waals surface area contributed by atoms with E-state index in [1.54, 1.807) is 23.4 Å². The number of carbonyl (C=O) groups excluding carboxylic acids is 1. The first kappa shape index (κ1) is 29.2. The molecule has 0 atom stereocenters. The van der Waals surface area contributed by atoms with Gasteiger partial charge in [0.05, 0.1) is 5.02 Å². The van der Waals surface area contributed by atoms with Gasteiger partial charge in [0.25, 0.3) is 0 Å². The van der Waals surface area contributed by atoms with E-state index in [0.717, 1.165) is 51.8 Å². The zero-order chi connectivity index (χ0) is 28.0. The molecule has 0 N–H and O–H groups in total. The molecule has 1 amide bonds. The summed E-state index contributed by atoms with van der Waals surface area (Å²) in [6.45, 7) is 12.6. The Hall–Kier alpha value is -3.38. The van der Waals surface area contributed by atoms with Gasteiger partial charge in [0.1, 0.15) is 17.9 Å². The fourth-order valence-electron chi connectivity index (χ4n) is 4.56.